The Hall–Kier alpha value is -2.00. The van der Waals surface area contributed by atoms with Gasteiger partial charge in [0.1, 0.15) is 6.33 Å². The molecule has 0 saturated heterocycles. The fraction of sp³-hybridized carbons (Fsp3) is 0.500. The Morgan fingerprint density at radius 3 is 2.00 bits per heavy atom. The minimum absolute atomic E-state index is 0.0273. The smallest absolute Gasteiger partial charge is 0.353 e. The van der Waals surface area contributed by atoms with E-state index in [0.717, 1.165) is 6.33 Å². The summed E-state index contributed by atoms with van der Waals surface area (Å²) in [7, 11) is 0. The highest BCUT2D eigenvalue weighted by molar-refractivity contribution is 5.69. The monoisotopic (exact) mass is 243 g/mol. The topological polar surface area (TPSA) is 133 Å². The first-order valence-corrected chi connectivity index (χ1v) is 4.89. The van der Waals surface area contributed by atoms with Crippen molar-refractivity contribution in [3.05, 3.63) is 16.4 Å². The maximum atomic E-state index is 10.9. The van der Waals surface area contributed by atoms with Gasteiger partial charge in [0, 0.05) is 13.1 Å². The first kappa shape index (κ1) is 13.1. The molecule has 1 aromatic heterocycles. The standard InChI is InChI=1S/C8H13N5O4/c14-3-1-9-7-6(13(16)17)8(10-2-4-15)12-5-11-7/h5,14-15H,1-4H2,(H2,9,10,11,12). The Labute approximate surface area is 96.7 Å². The van der Waals surface area contributed by atoms with Gasteiger partial charge in [-0.15, -0.1) is 0 Å². The predicted molar refractivity (Wildman–Crippen MR) is 59.8 cm³/mol. The number of anilines is 2. The number of aliphatic hydroxyl groups excluding tert-OH is 2. The molecule has 0 unspecified atom stereocenters. The first-order chi connectivity index (χ1) is 8.20. The molecule has 0 atom stereocenters. The van der Waals surface area contributed by atoms with Gasteiger partial charge in [-0.3, -0.25) is 10.1 Å². The van der Waals surface area contributed by atoms with E-state index in [2.05, 4.69) is 20.6 Å². The Bertz CT molecular complexity index is 360. The fourth-order valence-corrected chi connectivity index (χ4v) is 1.16. The second kappa shape index (κ2) is 6.55. The van der Waals surface area contributed by atoms with Crippen LogP contribution in [0.15, 0.2) is 6.33 Å². The zero-order valence-corrected chi connectivity index (χ0v) is 8.96. The third kappa shape index (κ3) is 3.50. The average molecular weight is 243 g/mol. The molecule has 1 aromatic rings. The Balaban J connectivity index is 2.99. The highest BCUT2D eigenvalue weighted by atomic mass is 16.6. The summed E-state index contributed by atoms with van der Waals surface area (Å²) in [5.41, 5.74) is -0.311. The molecule has 0 radical (unpaired) electrons. The molecule has 0 aliphatic heterocycles. The van der Waals surface area contributed by atoms with Crippen molar-refractivity contribution < 1.29 is 15.1 Å². The number of rotatable bonds is 7. The normalized spacial score (nSPS) is 10.0. The van der Waals surface area contributed by atoms with Crippen LogP contribution in [0.4, 0.5) is 17.3 Å². The lowest BCUT2D eigenvalue weighted by Gasteiger charge is -2.08. The van der Waals surface area contributed by atoms with E-state index in [9.17, 15) is 10.1 Å². The van der Waals surface area contributed by atoms with Gasteiger partial charge in [0.25, 0.3) is 0 Å². The predicted octanol–water partition coefficient (Wildman–Crippen LogP) is -0.807. The van der Waals surface area contributed by atoms with Gasteiger partial charge in [-0.1, -0.05) is 0 Å². The van der Waals surface area contributed by atoms with Crippen LogP contribution in [-0.2, 0) is 0 Å². The van der Waals surface area contributed by atoms with Crippen molar-refractivity contribution in [2.24, 2.45) is 0 Å². The largest absolute Gasteiger partial charge is 0.395 e. The molecule has 9 heteroatoms. The van der Waals surface area contributed by atoms with Crippen molar-refractivity contribution in [1.82, 2.24) is 9.97 Å². The highest BCUT2D eigenvalue weighted by Gasteiger charge is 2.22. The van der Waals surface area contributed by atoms with Gasteiger partial charge in [-0.25, -0.2) is 9.97 Å². The molecule has 1 heterocycles. The molecule has 0 aliphatic rings. The van der Waals surface area contributed by atoms with E-state index < -0.39 is 4.92 Å². The third-order valence-electron chi connectivity index (χ3n) is 1.81. The Morgan fingerprint density at radius 2 is 1.65 bits per heavy atom. The molecule has 17 heavy (non-hydrogen) atoms. The lowest BCUT2D eigenvalue weighted by molar-refractivity contribution is -0.383. The average Bonchev–Trinajstić information content (AvgIpc) is 2.33. The molecular weight excluding hydrogens is 230 g/mol. The molecule has 1 rings (SSSR count). The van der Waals surface area contributed by atoms with Crippen LogP contribution in [0.3, 0.4) is 0 Å². The number of aromatic nitrogens is 2. The van der Waals surface area contributed by atoms with Gasteiger partial charge in [0.2, 0.25) is 11.6 Å². The molecular formula is C8H13N5O4. The Kier molecular flexibility index (Phi) is 5.04. The lowest BCUT2D eigenvalue weighted by atomic mass is 10.4. The van der Waals surface area contributed by atoms with Crippen molar-refractivity contribution in [3.8, 4) is 0 Å². The molecule has 0 spiro atoms. The summed E-state index contributed by atoms with van der Waals surface area (Å²) >= 11 is 0. The first-order valence-electron chi connectivity index (χ1n) is 4.89. The molecule has 0 fully saturated rings. The van der Waals surface area contributed by atoms with Gasteiger partial charge in [-0.05, 0) is 0 Å². The molecule has 0 saturated carbocycles. The third-order valence-corrected chi connectivity index (χ3v) is 1.81. The maximum Gasteiger partial charge on any atom is 0.353 e. The quantitative estimate of drug-likeness (QED) is 0.361. The van der Waals surface area contributed by atoms with Crippen molar-refractivity contribution in [2.45, 2.75) is 0 Å². The van der Waals surface area contributed by atoms with Crippen molar-refractivity contribution in [3.63, 3.8) is 0 Å². The SMILES string of the molecule is O=[N+]([O-])c1c(NCCO)ncnc1NCCO. The highest BCUT2D eigenvalue weighted by Crippen LogP contribution is 2.28. The van der Waals surface area contributed by atoms with E-state index in [1.165, 1.54) is 0 Å². The molecule has 4 N–H and O–H groups in total. The summed E-state index contributed by atoms with van der Waals surface area (Å²) in [5, 5.41) is 33.4. The molecule has 0 aromatic carbocycles. The number of aliphatic hydroxyl groups is 2. The van der Waals surface area contributed by atoms with Crippen molar-refractivity contribution in [1.29, 1.82) is 0 Å². The van der Waals surface area contributed by atoms with Crippen molar-refractivity contribution >= 4 is 17.3 Å². The summed E-state index contributed by atoms with van der Waals surface area (Å²) in [6.07, 6.45) is 1.16. The van der Waals surface area contributed by atoms with Gasteiger partial charge in [0.05, 0.1) is 18.1 Å². The van der Waals surface area contributed by atoms with Crippen LogP contribution in [0.5, 0.6) is 0 Å². The minimum Gasteiger partial charge on any atom is -0.395 e. The number of nitrogens with one attached hydrogen (secondary N) is 2. The summed E-state index contributed by atoms with van der Waals surface area (Å²) in [6, 6.07) is 0. The van der Waals surface area contributed by atoms with Gasteiger partial charge in [-0.2, -0.15) is 0 Å². The molecule has 94 valence electrons. The second-order valence-electron chi connectivity index (χ2n) is 2.98. The Morgan fingerprint density at radius 1 is 1.18 bits per heavy atom. The van der Waals surface area contributed by atoms with Gasteiger partial charge < -0.3 is 20.8 Å². The van der Waals surface area contributed by atoms with Crippen LogP contribution in [0, 0.1) is 10.1 Å². The summed E-state index contributed by atoms with van der Waals surface area (Å²) in [4.78, 5) is 17.7. The van der Waals surface area contributed by atoms with E-state index in [1.807, 2.05) is 0 Å². The molecule has 9 nitrogen and oxygen atoms in total. The van der Waals surface area contributed by atoms with Crippen LogP contribution < -0.4 is 10.6 Å². The summed E-state index contributed by atoms with van der Waals surface area (Å²) in [6.45, 7) is -0.0320. The van der Waals surface area contributed by atoms with Crippen molar-refractivity contribution in [2.75, 3.05) is 36.9 Å². The number of hydrogen-bond donors (Lipinski definition) is 4. The second-order valence-corrected chi connectivity index (χ2v) is 2.98. The number of nitrogens with zero attached hydrogens (tertiary/aromatic N) is 3. The summed E-state index contributed by atoms with van der Waals surface area (Å²) in [5.74, 6) is 0.0546. The zero-order valence-electron chi connectivity index (χ0n) is 8.96. The molecule has 0 bridgehead atoms. The minimum atomic E-state index is -0.626. The van der Waals surface area contributed by atoms with Crippen LogP contribution >= 0.6 is 0 Å². The van der Waals surface area contributed by atoms with Gasteiger partial charge >= 0.3 is 5.69 Å². The van der Waals surface area contributed by atoms with E-state index in [4.69, 9.17) is 10.2 Å². The van der Waals surface area contributed by atoms with E-state index in [0.29, 0.717) is 0 Å². The zero-order chi connectivity index (χ0) is 12.7. The van der Waals surface area contributed by atoms with E-state index in [-0.39, 0.29) is 43.6 Å². The number of nitro groups is 1. The summed E-state index contributed by atoms with van der Waals surface area (Å²) < 4.78 is 0. The van der Waals surface area contributed by atoms with Crippen LogP contribution in [0.25, 0.3) is 0 Å². The lowest BCUT2D eigenvalue weighted by Crippen LogP contribution is -2.13. The van der Waals surface area contributed by atoms with Crippen LogP contribution in [0.1, 0.15) is 0 Å². The van der Waals surface area contributed by atoms with Gasteiger partial charge in [0.15, 0.2) is 0 Å². The number of hydrogen-bond acceptors (Lipinski definition) is 8. The van der Waals surface area contributed by atoms with Crippen LogP contribution in [0.2, 0.25) is 0 Å². The molecule has 0 amide bonds. The van der Waals surface area contributed by atoms with E-state index in [1.54, 1.807) is 0 Å². The molecule has 0 aliphatic carbocycles. The maximum absolute atomic E-state index is 10.9. The fourth-order valence-electron chi connectivity index (χ4n) is 1.16. The van der Waals surface area contributed by atoms with Crippen LogP contribution in [-0.4, -0.2) is 51.4 Å². The van der Waals surface area contributed by atoms with E-state index >= 15 is 0 Å².